The van der Waals surface area contributed by atoms with Crippen LogP contribution >= 0.6 is 0 Å². The SMILES string of the molecule is OCCCC1CCCN1CC1(CNC2CC2)CCOC1. The number of hydrogen-bond acceptors (Lipinski definition) is 4. The molecule has 0 bridgehead atoms. The largest absolute Gasteiger partial charge is 0.396 e. The third kappa shape index (κ3) is 3.73. The monoisotopic (exact) mass is 282 g/mol. The summed E-state index contributed by atoms with van der Waals surface area (Å²) < 4.78 is 5.73. The quantitative estimate of drug-likeness (QED) is 0.706. The number of nitrogens with zero attached hydrogens (tertiary/aromatic N) is 1. The van der Waals surface area contributed by atoms with Gasteiger partial charge in [-0.2, -0.15) is 0 Å². The standard InChI is InChI=1S/C16H30N2O2/c19-9-2-4-15-3-1-8-18(15)12-16(7-10-20-13-16)11-17-14-5-6-14/h14-15,17,19H,1-13H2. The van der Waals surface area contributed by atoms with Crippen molar-refractivity contribution >= 4 is 0 Å². The molecule has 1 aliphatic carbocycles. The molecule has 0 aromatic rings. The molecular weight excluding hydrogens is 252 g/mol. The van der Waals surface area contributed by atoms with Gasteiger partial charge in [-0.25, -0.2) is 0 Å². The summed E-state index contributed by atoms with van der Waals surface area (Å²) in [6.45, 7) is 5.74. The van der Waals surface area contributed by atoms with Crippen LogP contribution in [0.2, 0.25) is 0 Å². The van der Waals surface area contributed by atoms with E-state index in [1.54, 1.807) is 0 Å². The molecule has 2 N–H and O–H groups in total. The zero-order valence-corrected chi connectivity index (χ0v) is 12.6. The molecule has 4 nitrogen and oxygen atoms in total. The zero-order valence-electron chi connectivity index (χ0n) is 12.6. The summed E-state index contributed by atoms with van der Waals surface area (Å²) in [4.78, 5) is 2.68. The average molecular weight is 282 g/mol. The van der Waals surface area contributed by atoms with Gasteiger partial charge in [-0.05, 0) is 51.5 Å². The van der Waals surface area contributed by atoms with Crippen LogP contribution in [0.4, 0.5) is 0 Å². The van der Waals surface area contributed by atoms with Gasteiger partial charge in [-0.3, -0.25) is 4.90 Å². The molecule has 2 aliphatic heterocycles. The van der Waals surface area contributed by atoms with E-state index in [1.165, 1.54) is 45.2 Å². The van der Waals surface area contributed by atoms with E-state index in [2.05, 4.69) is 10.2 Å². The van der Waals surface area contributed by atoms with E-state index in [0.29, 0.717) is 18.1 Å². The lowest BCUT2D eigenvalue weighted by molar-refractivity contribution is 0.0978. The van der Waals surface area contributed by atoms with E-state index in [9.17, 15) is 0 Å². The van der Waals surface area contributed by atoms with Gasteiger partial charge >= 0.3 is 0 Å². The second-order valence-corrected chi connectivity index (χ2v) is 7.09. The van der Waals surface area contributed by atoms with Crippen molar-refractivity contribution in [1.29, 1.82) is 0 Å². The van der Waals surface area contributed by atoms with Crippen molar-refractivity contribution in [2.45, 2.75) is 57.0 Å². The molecule has 2 unspecified atom stereocenters. The lowest BCUT2D eigenvalue weighted by Crippen LogP contribution is -2.46. The molecule has 3 aliphatic rings. The highest BCUT2D eigenvalue weighted by atomic mass is 16.5. The van der Waals surface area contributed by atoms with Gasteiger partial charge in [0, 0.05) is 43.8 Å². The summed E-state index contributed by atoms with van der Waals surface area (Å²) in [5, 5.41) is 12.8. The maximum absolute atomic E-state index is 9.05. The van der Waals surface area contributed by atoms with Crippen LogP contribution in [-0.2, 0) is 4.74 Å². The Morgan fingerprint density at radius 2 is 2.20 bits per heavy atom. The number of aliphatic hydroxyl groups is 1. The Bertz CT molecular complexity index is 301. The van der Waals surface area contributed by atoms with Gasteiger partial charge in [-0.1, -0.05) is 0 Å². The molecule has 2 heterocycles. The molecule has 4 heteroatoms. The minimum Gasteiger partial charge on any atom is -0.396 e. The molecule has 0 aromatic heterocycles. The summed E-state index contributed by atoms with van der Waals surface area (Å²) >= 11 is 0. The summed E-state index contributed by atoms with van der Waals surface area (Å²) in [7, 11) is 0. The van der Waals surface area contributed by atoms with Gasteiger partial charge < -0.3 is 15.2 Å². The van der Waals surface area contributed by atoms with Crippen LogP contribution in [0.25, 0.3) is 0 Å². The van der Waals surface area contributed by atoms with Crippen molar-refractivity contribution in [1.82, 2.24) is 10.2 Å². The van der Waals surface area contributed by atoms with Crippen LogP contribution in [0.3, 0.4) is 0 Å². The predicted octanol–water partition coefficient (Wildman–Crippen LogP) is 1.38. The average Bonchev–Trinajstić information content (AvgIpc) is 3.02. The fraction of sp³-hybridized carbons (Fsp3) is 1.00. The van der Waals surface area contributed by atoms with Gasteiger partial charge in [0.2, 0.25) is 0 Å². The van der Waals surface area contributed by atoms with E-state index < -0.39 is 0 Å². The summed E-state index contributed by atoms with van der Waals surface area (Å²) in [5.41, 5.74) is 0.338. The van der Waals surface area contributed by atoms with E-state index in [1.807, 2.05) is 0 Å². The van der Waals surface area contributed by atoms with Crippen molar-refractivity contribution in [3.05, 3.63) is 0 Å². The third-order valence-electron chi connectivity index (χ3n) is 5.26. The van der Waals surface area contributed by atoms with E-state index >= 15 is 0 Å². The summed E-state index contributed by atoms with van der Waals surface area (Å²) in [5.74, 6) is 0. The van der Waals surface area contributed by atoms with Crippen molar-refractivity contribution < 1.29 is 9.84 Å². The minimum absolute atomic E-state index is 0.335. The van der Waals surface area contributed by atoms with Crippen molar-refractivity contribution in [2.24, 2.45) is 5.41 Å². The first-order chi connectivity index (χ1) is 9.81. The first-order valence-corrected chi connectivity index (χ1v) is 8.47. The van der Waals surface area contributed by atoms with Crippen LogP contribution in [0, 0.1) is 5.41 Å². The molecule has 2 saturated heterocycles. The number of hydrogen-bond donors (Lipinski definition) is 2. The number of rotatable bonds is 8. The Morgan fingerprint density at radius 1 is 1.30 bits per heavy atom. The molecule has 0 radical (unpaired) electrons. The van der Waals surface area contributed by atoms with Crippen molar-refractivity contribution in [3.63, 3.8) is 0 Å². The Balaban J connectivity index is 1.54. The van der Waals surface area contributed by atoms with Gasteiger partial charge in [0.25, 0.3) is 0 Å². The molecule has 1 saturated carbocycles. The van der Waals surface area contributed by atoms with Crippen molar-refractivity contribution in [2.75, 3.05) is 39.5 Å². The second-order valence-electron chi connectivity index (χ2n) is 7.09. The van der Waals surface area contributed by atoms with Crippen molar-refractivity contribution in [3.8, 4) is 0 Å². The van der Waals surface area contributed by atoms with Crippen LogP contribution in [0.5, 0.6) is 0 Å². The first-order valence-electron chi connectivity index (χ1n) is 8.47. The predicted molar refractivity (Wildman–Crippen MR) is 79.8 cm³/mol. The van der Waals surface area contributed by atoms with Gasteiger partial charge in [0.05, 0.1) is 6.61 Å². The third-order valence-corrected chi connectivity index (χ3v) is 5.26. The Morgan fingerprint density at radius 3 is 2.90 bits per heavy atom. The lowest BCUT2D eigenvalue weighted by atomic mass is 9.86. The highest BCUT2D eigenvalue weighted by molar-refractivity contribution is 4.94. The Kier molecular flexibility index (Phi) is 4.97. The van der Waals surface area contributed by atoms with Crippen LogP contribution < -0.4 is 5.32 Å². The molecule has 0 aromatic carbocycles. The number of ether oxygens (including phenoxy) is 1. The molecule has 116 valence electrons. The summed E-state index contributed by atoms with van der Waals surface area (Å²) in [6.07, 6.45) is 8.67. The van der Waals surface area contributed by atoms with Gasteiger partial charge in [0.1, 0.15) is 0 Å². The van der Waals surface area contributed by atoms with E-state index in [-0.39, 0.29) is 0 Å². The number of aliphatic hydroxyl groups excluding tert-OH is 1. The molecule has 3 fully saturated rings. The number of likely N-dealkylation sites (tertiary alicyclic amines) is 1. The summed E-state index contributed by atoms with van der Waals surface area (Å²) in [6, 6.07) is 1.48. The second kappa shape index (κ2) is 6.73. The first kappa shape index (κ1) is 14.8. The smallest absolute Gasteiger partial charge is 0.0547 e. The molecular formula is C16H30N2O2. The normalized spacial score (nSPS) is 35.0. The molecule has 0 spiro atoms. The van der Waals surface area contributed by atoms with Crippen LogP contribution in [-0.4, -0.2) is 61.5 Å². The Hall–Kier alpha value is -0.160. The molecule has 0 amide bonds. The molecule has 20 heavy (non-hydrogen) atoms. The topological polar surface area (TPSA) is 44.7 Å². The van der Waals surface area contributed by atoms with Gasteiger partial charge in [-0.15, -0.1) is 0 Å². The maximum atomic E-state index is 9.05. The van der Waals surface area contributed by atoms with E-state index in [0.717, 1.165) is 38.6 Å². The fourth-order valence-corrected chi connectivity index (χ4v) is 3.81. The Labute approximate surface area is 122 Å². The van der Waals surface area contributed by atoms with Crippen LogP contribution in [0.15, 0.2) is 0 Å². The van der Waals surface area contributed by atoms with E-state index in [4.69, 9.17) is 9.84 Å². The highest BCUT2D eigenvalue weighted by Gasteiger charge is 2.40. The van der Waals surface area contributed by atoms with Gasteiger partial charge in [0.15, 0.2) is 0 Å². The maximum Gasteiger partial charge on any atom is 0.0547 e. The molecule has 3 rings (SSSR count). The van der Waals surface area contributed by atoms with Crippen LogP contribution in [0.1, 0.15) is 44.9 Å². The minimum atomic E-state index is 0.335. The number of nitrogens with one attached hydrogen (secondary N) is 1. The zero-order chi connectivity index (χ0) is 13.8. The fourth-order valence-electron chi connectivity index (χ4n) is 3.81. The lowest BCUT2D eigenvalue weighted by Gasteiger charge is -2.35. The molecule has 2 atom stereocenters. The highest BCUT2D eigenvalue weighted by Crippen LogP contribution is 2.34.